The lowest BCUT2D eigenvalue weighted by Crippen LogP contribution is -2.27. The number of non-ortho nitro benzene ring substituents is 1. The van der Waals surface area contributed by atoms with Crippen LogP contribution in [0.1, 0.15) is 30.0 Å². The number of hydrogen-bond acceptors (Lipinski definition) is 8. The highest BCUT2D eigenvalue weighted by Gasteiger charge is 2.30. The van der Waals surface area contributed by atoms with E-state index in [2.05, 4.69) is 65.6 Å². The maximum Gasteiger partial charge on any atom is 0.324 e. The molecule has 0 saturated carbocycles. The van der Waals surface area contributed by atoms with Gasteiger partial charge in [0.05, 0.1) is 26.9 Å². The molecule has 182 valence electrons. The molecule has 4 rings (SSSR count). The molecule has 1 aliphatic heterocycles. The largest absolute Gasteiger partial charge is 0.497 e. The predicted octanol–water partition coefficient (Wildman–Crippen LogP) is 5.18. The van der Waals surface area contributed by atoms with Gasteiger partial charge >= 0.3 is 11.4 Å². The van der Waals surface area contributed by atoms with Crippen LogP contribution in [-0.4, -0.2) is 37.9 Å². The molecular weight excluding hydrogens is 456 g/mol. The topological polar surface area (TPSA) is 153 Å². The summed E-state index contributed by atoms with van der Waals surface area (Å²) in [5.41, 5.74) is -0.116. The first-order valence-corrected chi connectivity index (χ1v) is 10.9. The van der Waals surface area contributed by atoms with E-state index in [-0.39, 0.29) is 0 Å². The van der Waals surface area contributed by atoms with Gasteiger partial charge in [0.2, 0.25) is 0 Å². The van der Waals surface area contributed by atoms with Gasteiger partial charge in [-0.1, -0.05) is 60.7 Å². The van der Waals surface area contributed by atoms with E-state index in [1.54, 1.807) is 0 Å². The van der Waals surface area contributed by atoms with E-state index in [1.165, 1.54) is 37.1 Å². The van der Waals surface area contributed by atoms with E-state index in [0.717, 1.165) is 6.42 Å². The number of hydrogen-bond donors (Lipinski definition) is 1. The molecule has 0 aromatic heterocycles. The molecule has 1 aliphatic rings. The summed E-state index contributed by atoms with van der Waals surface area (Å²) in [5, 5.41) is 40.2. The number of aromatic hydroxyl groups is 1. The van der Waals surface area contributed by atoms with Crippen LogP contribution in [0.25, 0.3) is 0 Å². The highest BCUT2D eigenvalue weighted by Crippen LogP contribution is 2.39. The molecule has 3 aromatic carbocycles. The number of benzene rings is 3. The Morgan fingerprint density at radius 1 is 0.771 bits per heavy atom. The zero-order valence-electron chi connectivity index (χ0n) is 18.7. The minimum Gasteiger partial charge on any atom is -0.497 e. The fraction of sp³-hybridized carbons (Fsp3) is 0.250. The molecule has 1 atom stereocenters. The minimum absolute atomic E-state index is 0.447. The summed E-state index contributed by atoms with van der Waals surface area (Å²) in [6.45, 7) is 2.48. The fourth-order valence-electron chi connectivity index (χ4n) is 4.00. The van der Waals surface area contributed by atoms with Crippen molar-refractivity contribution in [1.82, 2.24) is 4.90 Å². The number of phenolic OH excluding ortho intramolecular Hbond substituents is 1. The van der Waals surface area contributed by atoms with E-state index in [1.807, 2.05) is 0 Å². The van der Waals surface area contributed by atoms with Gasteiger partial charge in [0, 0.05) is 6.04 Å². The Morgan fingerprint density at radius 3 is 1.71 bits per heavy atom. The minimum atomic E-state index is -1.21. The van der Waals surface area contributed by atoms with Crippen LogP contribution < -0.4 is 0 Å². The van der Waals surface area contributed by atoms with Crippen molar-refractivity contribution in [2.75, 3.05) is 13.1 Å². The Bertz CT molecular complexity index is 1150. The first-order valence-electron chi connectivity index (χ1n) is 10.9. The second kappa shape index (κ2) is 11.7. The highest BCUT2D eigenvalue weighted by atomic mass is 16.6. The third-order valence-electron chi connectivity index (χ3n) is 5.70. The van der Waals surface area contributed by atoms with E-state index >= 15 is 0 Å². The molecule has 0 radical (unpaired) electrons. The van der Waals surface area contributed by atoms with Crippen LogP contribution in [0.15, 0.2) is 72.8 Å². The molecule has 11 heteroatoms. The molecule has 3 aromatic rings. The summed E-state index contributed by atoms with van der Waals surface area (Å²) in [6.07, 6.45) is 3.81. The summed E-state index contributed by atoms with van der Waals surface area (Å²) in [7, 11) is 0. The first kappa shape index (κ1) is 25.2. The molecule has 1 fully saturated rings. The van der Waals surface area contributed by atoms with Crippen molar-refractivity contribution in [1.29, 1.82) is 0 Å². The summed E-state index contributed by atoms with van der Waals surface area (Å²) < 4.78 is 0. The molecule has 0 spiro atoms. The van der Waals surface area contributed by atoms with Crippen LogP contribution in [0.2, 0.25) is 0 Å². The number of likely N-dealkylation sites (tertiary alicyclic amines) is 1. The van der Waals surface area contributed by atoms with Crippen LogP contribution in [-0.2, 0) is 6.42 Å². The maximum atomic E-state index is 10.4. The summed E-state index contributed by atoms with van der Waals surface area (Å²) in [6, 6.07) is 23.2. The van der Waals surface area contributed by atoms with E-state index in [0.29, 0.717) is 18.2 Å². The Balaban J connectivity index is 0.000000199. The van der Waals surface area contributed by atoms with Gasteiger partial charge in [-0.05, 0) is 43.5 Å². The van der Waals surface area contributed by atoms with Crippen molar-refractivity contribution in [3.05, 3.63) is 114 Å². The van der Waals surface area contributed by atoms with Crippen LogP contribution in [0.4, 0.5) is 17.1 Å². The first-order chi connectivity index (χ1) is 16.8. The number of nitrogens with zero attached hydrogens (tertiary/aromatic N) is 4. The molecule has 35 heavy (non-hydrogen) atoms. The molecule has 0 aliphatic carbocycles. The van der Waals surface area contributed by atoms with Crippen molar-refractivity contribution in [3.63, 3.8) is 0 Å². The van der Waals surface area contributed by atoms with Gasteiger partial charge in [-0.15, -0.1) is 0 Å². The molecule has 11 nitrogen and oxygen atoms in total. The smallest absolute Gasteiger partial charge is 0.324 e. The van der Waals surface area contributed by atoms with E-state index in [9.17, 15) is 30.3 Å². The Morgan fingerprint density at radius 2 is 1.26 bits per heavy atom. The second-order valence-electron chi connectivity index (χ2n) is 7.96. The lowest BCUT2D eigenvalue weighted by molar-refractivity contribution is -0.404. The second-order valence-corrected chi connectivity index (χ2v) is 7.96. The van der Waals surface area contributed by atoms with Crippen LogP contribution in [0.5, 0.6) is 5.75 Å². The lowest BCUT2D eigenvalue weighted by atomic mass is 9.97. The zero-order valence-corrected chi connectivity index (χ0v) is 18.7. The molecule has 1 saturated heterocycles. The molecule has 0 bridgehead atoms. The average molecular weight is 480 g/mol. The predicted molar refractivity (Wildman–Crippen MR) is 128 cm³/mol. The van der Waals surface area contributed by atoms with Crippen molar-refractivity contribution in [3.8, 4) is 5.75 Å². The van der Waals surface area contributed by atoms with Crippen LogP contribution in [0, 0.1) is 30.3 Å². The van der Waals surface area contributed by atoms with Crippen molar-refractivity contribution < 1.29 is 19.9 Å². The van der Waals surface area contributed by atoms with E-state index in [4.69, 9.17) is 5.11 Å². The Hall–Kier alpha value is -4.38. The summed E-state index contributed by atoms with van der Waals surface area (Å²) in [4.78, 5) is 30.4. The lowest BCUT2D eigenvalue weighted by Gasteiger charge is -2.28. The number of rotatable bonds is 7. The molecule has 1 unspecified atom stereocenters. The maximum absolute atomic E-state index is 10.4. The SMILES string of the molecule is O=[N+]([O-])c1cc([N+](=O)[O-])c(O)c([N+](=O)[O-])c1.c1ccc(CC(c2ccccc2)N2CCCC2)cc1. The van der Waals surface area contributed by atoms with Crippen molar-refractivity contribution >= 4 is 17.1 Å². The average Bonchev–Trinajstić information content (AvgIpc) is 3.38. The quantitative estimate of drug-likeness (QED) is 0.358. The number of phenols is 1. The third kappa shape index (κ3) is 6.58. The Kier molecular flexibility index (Phi) is 8.41. The summed E-state index contributed by atoms with van der Waals surface area (Å²) >= 11 is 0. The molecule has 0 amide bonds. The van der Waals surface area contributed by atoms with Gasteiger partial charge in [0.15, 0.2) is 0 Å². The van der Waals surface area contributed by atoms with Gasteiger partial charge < -0.3 is 5.11 Å². The zero-order chi connectivity index (χ0) is 25.4. The summed E-state index contributed by atoms with van der Waals surface area (Å²) in [5.74, 6) is -1.21. The van der Waals surface area contributed by atoms with Gasteiger partial charge in [-0.3, -0.25) is 35.2 Å². The van der Waals surface area contributed by atoms with Crippen molar-refractivity contribution in [2.45, 2.75) is 25.3 Å². The molecule has 1 N–H and O–H groups in total. The highest BCUT2D eigenvalue weighted by molar-refractivity contribution is 5.64. The Labute approximate surface area is 200 Å². The van der Waals surface area contributed by atoms with Crippen LogP contribution in [0.3, 0.4) is 0 Å². The monoisotopic (exact) mass is 480 g/mol. The van der Waals surface area contributed by atoms with Gasteiger partial charge in [0.1, 0.15) is 0 Å². The fourth-order valence-corrected chi connectivity index (χ4v) is 4.00. The van der Waals surface area contributed by atoms with Gasteiger partial charge in [-0.2, -0.15) is 0 Å². The standard InChI is InChI=1S/C18H21N.C6H3N3O7/c1-3-9-16(10-4-1)15-18(19-13-7-8-14-19)17-11-5-2-6-12-17;10-6-4(8(13)14)1-3(7(11)12)2-5(6)9(15)16/h1-6,9-12,18H,7-8,13-15H2;1-2,10H. The molecular formula is C24H24N4O7. The van der Waals surface area contributed by atoms with Gasteiger partial charge in [-0.25, -0.2) is 0 Å². The molecule has 1 heterocycles. The number of nitro benzene ring substituents is 3. The number of nitro groups is 3. The van der Waals surface area contributed by atoms with Crippen molar-refractivity contribution in [2.24, 2.45) is 0 Å². The van der Waals surface area contributed by atoms with E-state index < -0.39 is 37.6 Å². The third-order valence-corrected chi connectivity index (χ3v) is 5.70. The van der Waals surface area contributed by atoms with Crippen LogP contribution >= 0.6 is 0 Å². The normalized spacial score (nSPS) is 13.9. The van der Waals surface area contributed by atoms with Gasteiger partial charge in [0.25, 0.3) is 11.4 Å².